The van der Waals surface area contributed by atoms with Gasteiger partial charge in [0.15, 0.2) is 11.5 Å². The highest BCUT2D eigenvalue weighted by molar-refractivity contribution is 5.66. The van der Waals surface area contributed by atoms with E-state index in [-0.39, 0.29) is 17.6 Å². The van der Waals surface area contributed by atoms with E-state index in [2.05, 4.69) is 20.3 Å². The Kier molecular flexibility index (Phi) is 7.10. The minimum Gasteiger partial charge on any atom is -0.493 e. The molecule has 0 spiro atoms. The number of morpholine rings is 1. The highest BCUT2D eigenvalue weighted by Crippen LogP contribution is 2.41. The molecule has 4 rings (SSSR count). The number of aromatic nitrogens is 3. The van der Waals surface area contributed by atoms with E-state index >= 15 is 0 Å². The van der Waals surface area contributed by atoms with Crippen molar-refractivity contribution in [2.24, 2.45) is 0 Å². The topological polar surface area (TPSA) is 109 Å². The maximum absolute atomic E-state index is 14.1. The SMILES string of the molecule is COc1cc(Nc2nc(N)n(-c3ccccc3F)n2)cc(OC)c1OCCN1CCOCC1. The first-order valence-electron chi connectivity index (χ1n) is 10.5. The van der Waals surface area contributed by atoms with Crippen LogP contribution in [0.15, 0.2) is 36.4 Å². The average Bonchev–Trinajstić information content (AvgIpc) is 3.19. The number of nitrogens with zero attached hydrogens (tertiary/aromatic N) is 4. The lowest BCUT2D eigenvalue weighted by atomic mass is 10.2. The number of rotatable bonds is 9. The Morgan fingerprint density at radius 2 is 1.82 bits per heavy atom. The Labute approximate surface area is 191 Å². The van der Waals surface area contributed by atoms with Gasteiger partial charge in [-0.15, -0.1) is 5.10 Å². The van der Waals surface area contributed by atoms with Gasteiger partial charge < -0.3 is 30.0 Å². The highest BCUT2D eigenvalue weighted by atomic mass is 19.1. The molecule has 176 valence electrons. The molecule has 2 heterocycles. The number of ether oxygens (including phenoxy) is 4. The number of hydrogen-bond acceptors (Lipinski definition) is 9. The van der Waals surface area contributed by atoms with Crippen molar-refractivity contribution >= 4 is 17.6 Å². The molecule has 10 nitrogen and oxygen atoms in total. The third kappa shape index (κ3) is 5.26. The Morgan fingerprint density at radius 3 is 2.48 bits per heavy atom. The first kappa shape index (κ1) is 22.6. The Bertz CT molecular complexity index is 1060. The predicted molar refractivity (Wildman–Crippen MR) is 121 cm³/mol. The molecule has 3 N–H and O–H groups in total. The molecule has 0 radical (unpaired) electrons. The lowest BCUT2D eigenvalue weighted by Gasteiger charge is -2.26. The Balaban J connectivity index is 1.50. The summed E-state index contributed by atoms with van der Waals surface area (Å²) < 4.78 is 37.8. The fourth-order valence-corrected chi connectivity index (χ4v) is 3.50. The van der Waals surface area contributed by atoms with E-state index in [0.29, 0.717) is 29.5 Å². The number of nitrogens with two attached hydrogens (primary N) is 1. The minimum atomic E-state index is -0.456. The zero-order valence-corrected chi connectivity index (χ0v) is 18.6. The first-order valence-corrected chi connectivity index (χ1v) is 10.5. The van der Waals surface area contributed by atoms with Crippen LogP contribution in [0.4, 0.5) is 22.0 Å². The van der Waals surface area contributed by atoms with Crippen LogP contribution >= 0.6 is 0 Å². The van der Waals surface area contributed by atoms with Crippen molar-refractivity contribution in [2.45, 2.75) is 0 Å². The van der Waals surface area contributed by atoms with Crippen molar-refractivity contribution < 1.29 is 23.3 Å². The van der Waals surface area contributed by atoms with E-state index in [4.69, 9.17) is 24.7 Å². The van der Waals surface area contributed by atoms with Gasteiger partial charge in [0.25, 0.3) is 0 Å². The van der Waals surface area contributed by atoms with Crippen LogP contribution in [0.3, 0.4) is 0 Å². The summed E-state index contributed by atoms with van der Waals surface area (Å²) in [5.74, 6) is 1.26. The lowest BCUT2D eigenvalue weighted by molar-refractivity contribution is 0.0319. The number of benzene rings is 2. The second-order valence-corrected chi connectivity index (χ2v) is 7.29. The van der Waals surface area contributed by atoms with Gasteiger partial charge in [0.2, 0.25) is 17.6 Å². The summed E-state index contributed by atoms with van der Waals surface area (Å²) in [4.78, 5) is 6.46. The summed E-state index contributed by atoms with van der Waals surface area (Å²) >= 11 is 0. The molecule has 1 aromatic heterocycles. The zero-order chi connectivity index (χ0) is 23.2. The van der Waals surface area contributed by atoms with Crippen LogP contribution in [0.25, 0.3) is 5.69 Å². The fourth-order valence-electron chi connectivity index (χ4n) is 3.50. The number of halogens is 1. The van der Waals surface area contributed by atoms with Crippen molar-refractivity contribution in [3.05, 3.63) is 42.2 Å². The summed E-state index contributed by atoms with van der Waals surface area (Å²) in [5.41, 5.74) is 6.75. The summed E-state index contributed by atoms with van der Waals surface area (Å²) in [7, 11) is 3.10. The monoisotopic (exact) mass is 458 g/mol. The molecule has 1 aliphatic heterocycles. The molecule has 0 bridgehead atoms. The van der Waals surface area contributed by atoms with E-state index in [1.54, 1.807) is 44.6 Å². The number of anilines is 3. The van der Waals surface area contributed by atoms with Gasteiger partial charge in [-0.25, -0.2) is 4.39 Å². The second-order valence-electron chi connectivity index (χ2n) is 7.29. The summed E-state index contributed by atoms with van der Waals surface area (Å²) in [6.07, 6.45) is 0. The number of nitrogens with one attached hydrogen (secondary N) is 1. The van der Waals surface area contributed by atoms with Crippen LogP contribution in [0.2, 0.25) is 0 Å². The van der Waals surface area contributed by atoms with Crippen molar-refractivity contribution in [3.8, 4) is 22.9 Å². The van der Waals surface area contributed by atoms with Crippen LogP contribution < -0.4 is 25.3 Å². The largest absolute Gasteiger partial charge is 0.493 e. The molecule has 11 heteroatoms. The zero-order valence-electron chi connectivity index (χ0n) is 18.6. The van der Waals surface area contributed by atoms with Gasteiger partial charge in [-0.05, 0) is 12.1 Å². The number of hydrogen-bond donors (Lipinski definition) is 2. The van der Waals surface area contributed by atoms with Crippen LogP contribution in [0.1, 0.15) is 0 Å². The van der Waals surface area contributed by atoms with Gasteiger partial charge >= 0.3 is 0 Å². The molecule has 1 aliphatic rings. The van der Waals surface area contributed by atoms with Crippen molar-refractivity contribution in [1.29, 1.82) is 0 Å². The third-order valence-corrected chi connectivity index (χ3v) is 5.19. The maximum Gasteiger partial charge on any atom is 0.248 e. The molecule has 0 atom stereocenters. The molecule has 2 aromatic carbocycles. The molecule has 1 saturated heterocycles. The van der Waals surface area contributed by atoms with E-state index in [9.17, 15) is 4.39 Å². The molecule has 0 unspecified atom stereocenters. The average molecular weight is 458 g/mol. The van der Waals surface area contributed by atoms with Crippen LogP contribution in [0, 0.1) is 5.82 Å². The second kappa shape index (κ2) is 10.4. The number of methoxy groups -OCH3 is 2. The molecular formula is C22H27FN6O4. The quantitative estimate of drug-likeness (QED) is 0.500. The molecule has 0 saturated carbocycles. The molecule has 1 fully saturated rings. The smallest absolute Gasteiger partial charge is 0.248 e. The standard InChI is InChI=1S/C22H27FN6O4/c1-30-18-13-15(14-19(31-2)20(18)33-12-9-28-7-10-32-11-8-28)25-22-26-21(24)29(27-22)17-6-4-3-5-16(17)23/h3-6,13-14H,7-12H2,1-2H3,(H3,24,25,26,27). The molecule has 3 aromatic rings. The van der Waals surface area contributed by atoms with Gasteiger partial charge in [-0.2, -0.15) is 9.67 Å². The van der Waals surface area contributed by atoms with Crippen LogP contribution in [0.5, 0.6) is 17.2 Å². The first-order chi connectivity index (χ1) is 16.1. The van der Waals surface area contributed by atoms with Crippen molar-refractivity contribution in [1.82, 2.24) is 19.7 Å². The Hall–Kier alpha value is -3.57. The molecule has 0 aliphatic carbocycles. The predicted octanol–water partition coefficient (Wildman–Crippen LogP) is 2.46. The molecular weight excluding hydrogens is 431 g/mol. The van der Waals surface area contributed by atoms with E-state index in [1.807, 2.05) is 0 Å². The van der Waals surface area contributed by atoms with Gasteiger partial charge in [0, 0.05) is 37.5 Å². The summed E-state index contributed by atoms with van der Waals surface area (Å²) in [6.45, 7) is 4.49. The van der Waals surface area contributed by atoms with E-state index in [0.717, 1.165) is 32.8 Å². The summed E-state index contributed by atoms with van der Waals surface area (Å²) in [6, 6.07) is 9.67. The van der Waals surface area contributed by atoms with Gasteiger partial charge in [-0.3, -0.25) is 4.90 Å². The van der Waals surface area contributed by atoms with Crippen LogP contribution in [-0.2, 0) is 4.74 Å². The summed E-state index contributed by atoms with van der Waals surface area (Å²) in [5, 5.41) is 7.33. The number of para-hydroxylation sites is 1. The maximum atomic E-state index is 14.1. The fraction of sp³-hybridized carbons (Fsp3) is 0.364. The highest BCUT2D eigenvalue weighted by Gasteiger charge is 2.18. The third-order valence-electron chi connectivity index (χ3n) is 5.19. The number of nitrogen functional groups attached to an aromatic ring is 1. The van der Waals surface area contributed by atoms with E-state index in [1.165, 1.54) is 10.7 Å². The minimum absolute atomic E-state index is 0.0459. The van der Waals surface area contributed by atoms with Crippen molar-refractivity contribution in [2.75, 3.05) is 64.7 Å². The van der Waals surface area contributed by atoms with Crippen molar-refractivity contribution in [3.63, 3.8) is 0 Å². The normalized spacial score (nSPS) is 14.2. The lowest BCUT2D eigenvalue weighted by Crippen LogP contribution is -2.38. The van der Waals surface area contributed by atoms with Crippen LogP contribution in [-0.4, -0.2) is 73.3 Å². The van der Waals surface area contributed by atoms with Gasteiger partial charge in [0.05, 0.1) is 27.4 Å². The molecule has 33 heavy (non-hydrogen) atoms. The van der Waals surface area contributed by atoms with Gasteiger partial charge in [-0.1, -0.05) is 12.1 Å². The molecule has 0 amide bonds. The van der Waals surface area contributed by atoms with Gasteiger partial charge in [0.1, 0.15) is 18.1 Å². The van der Waals surface area contributed by atoms with E-state index < -0.39 is 5.82 Å². The Morgan fingerprint density at radius 1 is 1.12 bits per heavy atom.